The summed E-state index contributed by atoms with van der Waals surface area (Å²) in [6.07, 6.45) is 4.15. The van der Waals surface area contributed by atoms with Crippen molar-refractivity contribution < 1.29 is 9.90 Å². The molecule has 0 spiro atoms. The summed E-state index contributed by atoms with van der Waals surface area (Å²) in [6, 6.07) is 9.11. The van der Waals surface area contributed by atoms with Crippen LogP contribution in [0.3, 0.4) is 0 Å². The molecule has 0 bridgehead atoms. The fourth-order valence-corrected chi connectivity index (χ4v) is 2.28. The van der Waals surface area contributed by atoms with E-state index in [1.165, 1.54) is 0 Å². The topological polar surface area (TPSA) is 61.4 Å². The molecule has 1 aromatic rings. The van der Waals surface area contributed by atoms with Crippen LogP contribution < -0.4 is 10.6 Å². The Hall–Kier alpha value is -1.20. The molecule has 1 unspecified atom stereocenters. The number of nitrogens with one attached hydrogen (secondary N) is 2. The molecule has 0 radical (unpaired) electrons. The molecule has 20 heavy (non-hydrogen) atoms. The highest BCUT2D eigenvalue weighted by Crippen LogP contribution is 2.18. The van der Waals surface area contributed by atoms with Crippen LogP contribution in [0.1, 0.15) is 25.3 Å². The summed E-state index contributed by atoms with van der Waals surface area (Å²) in [6.45, 7) is 2.55. The average Bonchev–Trinajstić information content (AvgIpc) is 2.46. The van der Waals surface area contributed by atoms with E-state index in [1.54, 1.807) is 6.92 Å². The summed E-state index contributed by atoms with van der Waals surface area (Å²) >= 11 is 1.81. The van der Waals surface area contributed by atoms with E-state index in [0.717, 1.165) is 24.2 Å². The largest absolute Gasteiger partial charge is 0.384 e. The second kappa shape index (κ2) is 8.87. The van der Waals surface area contributed by atoms with Gasteiger partial charge in [-0.15, -0.1) is 0 Å². The van der Waals surface area contributed by atoms with Crippen molar-refractivity contribution >= 4 is 17.8 Å². The van der Waals surface area contributed by atoms with E-state index in [9.17, 15) is 9.90 Å². The SMILES string of the molecule is CSCCCCNC(=O)NCC(C)(O)c1ccccc1. The first-order valence-corrected chi connectivity index (χ1v) is 8.24. The molecule has 0 fully saturated rings. The van der Waals surface area contributed by atoms with E-state index in [0.29, 0.717) is 6.54 Å². The number of hydrogen-bond donors (Lipinski definition) is 3. The maximum Gasteiger partial charge on any atom is 0.314 e. The summed E-state index contributed by atoms with van der Waals surface area (Å²) < 4.78 is 0. The van der Waals surface area contributed by atoms with Crippen LogP contribution in [0, 0.1) is 0 Å². The van der Waals surface area contributed by atoms with Gasteiger partial charge in [-0.05, 0) is 37.3 Å². The molecule has 0 aromatic heterocycles. The van der Waals surface area contributed by atoms with Crippen LogP contribution in [0.15, 0.2) is 30.3 Å². The first-order valence-electron chi connectivity index (χ1n) is 6.85. The first kappa shape index (κ1) is 16.9. The lowest BCUT2D eigenvalue weighted by Gasteiger charge is -2.24. The molecule has 0 saturated carbocycles. The van der Waals surface area contributed by atoms with Gasteiger partial charge >= 0.3 is 6.03 Å². The predicted octanol–water partition coefficient (Wildman–Crippen LogP) is 2.34. The van der Waals surface area contributed by atoms with E-state index in [1.807, 2.05) is 42.1 Å². The number of carbonyl (C=O) groups excluding carboxylic acids is 1. The minimum Gasteiger partial charge on any atom is -0.384 e. The minimum atomic E-state index is -1.06. The van der Waals surface area contributed by atoms with Gasteiger partial charge in [0.15, 0.2) is 0 Å². The smallest absolute Gasteiger partial charge is 0.314 e. The zero-order chi connectivity index (χ0) is 14.8. The second-order valence-electron chi connectivity index (χ2n) is 4.95. The van der Waals surface area contributed by atoms with Crippen LogP contribution in [0.25, 0.3) is 0 Å². The van der Waals surface area contributed by atoms with Crippen LogP contribution >= 0.6 is 11.8 Å². The molecule has 112 valence electrons. The van der Waals surface area contributed by atoms with Crippen LogP contribution in [0.4, 0.5) is 4.79 Å². The Morgan fingerprint density at radius 3 is 2.60 bits per heavy atom. The molecule has 3 N–H and O–H groups in total. The molecule has 0 heterocycles. The van der Waals surface area contributed by atoms with Gasteiger partial charge in [0.1, 0.15) is 5.60 Å². The third-order valence-corrected chi connectivity index (χ3v) is 3.75. The molecule has 0 aliphatic carbocycles. The molecule has 5 heteroatoms. The highest BCUT2D eigenvalue weighted by molar-refractivity contribution is 7.98. The predicted molar refractivity (Wildman–Crippen MR) is 85.0 cm³/mol. The van der Waals surface area contributed by atoms with Gasteiger partial charge in [-0.2, -0.15) is 11.8 Å². The fourth-order valence-electron chi connectivity index (χ4n) is 1.79. The number of urea groups is 1. The summed E-state index contributed by atoms with van der Waals surface area (Å²) in [7, 11) is 0. The number of amides is 2. The Labute approximate surface area is 125 Å². The van der Waals surface area contributed by atoms with Crippen molar-refractivity contribution in [1.29, 1.82) is 0 Å². The minimum absolute atomic E-state index is 0.188. The van der Waals surface area contributed by atoms with Gasteiger partial charge in [0.25, 0.3) is 0 Å². The van der Waals surface area contributed by atoms with Gasteiger partial charge < -0.3 is 15.7 Å². The van der Waals surface area contributed by atoms with Crippen molar-refractivity contribution in [1.82, 2.24) is 10.6 Å². The molecule has 0 aliphatic rings. The zero-order valence-corrected chi connectivity index (χ0v) is 13.0. The van der Waals surface area contributed by atoms with E-state index in [4.69, 9.17) is 0 Å². The van der Waals surface area contributed by atoms with Crippen LogP contribution in [0.5, 0.6) is 0 Å². The lowest BCUT2D eigenvalue weighted by atomic mass is 9.96. The van der Waals surface area contributed by atoms with Gasteiger partial charge in [0, 0.05) is 6.54 Å². The normalized spacial score (nSPS) is 13.6. The number of unbranched alkanes of at least 4 members (excludes halogenated alkanes) is 1. The standard InChI is InChI=1S/C15H24N2O2S/c1-15(19,13-8-4-3-5-9-13)12-17-14(18)16-10-6-7-11-20-2/h3-5,8-9,19H,6-7,10-12H2,1-2H3,(H2,16,17,18). The Bertz CT molecular complexity index is 396. The lowest BCUT2D eigenvalue weighted by Crippen LogP contribution is -2.43. The average molecular weight is 296 g/mol. The molecule has 4 nitrogen and oxygen atoms in total. The maximum absolute atomic E-state index is 11.6. The van der Waals surface area contributed by atoms with E-state index < -0.39 is 5.60 Å². The van der Waals surface area contributed by atoms with Crippen LogP contribution in [0.2, 0.25) is 0 Å². The van der Waals surface area contributed by atoms with E-state index >= 15 is 0 Å². The van der Waals surface area contributed by atoms with Crippen molar-refractivity contribution in [3.63, 3.8) is 0 Å². The second-order valence-corrected chi connectivity index (χ2v) is 5.93. The molecular formula is C15H24N2O2S. The van der Waals surface area contributed by atoms with Crippen molar-refractivity contribution in [2.45, 2.75) is 25.4 Å². The van der Waals surface area contributed by atoms with Crippen LogP contribution in [-0.2, 0) is 5.60 Å². The number of thioether (sulfide) groups is 1. The Kier molecular flexibility index (Phi) is 7.47. The molecule has 0 aliphatic heterocycles. The third kappa shape index (κ3) is 6.30. The highest BCUT2D eigenvalue weighted by Gasteiger charge is 2.23. The number of carbonyl (C=O) groups is 1. The molecular weight excluding hydrogens is 272 g/mol. The van der Waals surface area contributed by atoms with Gasteiger partial charge in [0.05, 0.1) is 6.54 Å². The highest BCUT2D eigenvalue weighted by atomic mass is 32.2. The number of benzene rings is 1. The third-order valence-electron chi connectivity index (χ3n) is 3.05. The van der Waals surface area contributed by atoms with E-state index in [2.05, 4.69) is 16.9 Å². The monoisotopic (exact) mass is 296 g/mol. The summed E-state index contributed by atoms with van der Waals surface area (Å²) in [5, 5.41) is 15.8. The van der Waals surface area contributed by atoms with E-state index in [-0.39, 0.29) is 12.6 Å². The van der Waals surface area contributed by atoms with Gasteiger partial charge in [-0.1, -0.05) is 30.3 Å². The molecule has 0 saturated heterocycles. The van der Waals surface area contributed by atoms with Crippen molar-refractivity contribution in [2.75, 3.05) is 25.1 Å². The fraction of sp³-hybridized carbons (Fsp3) is 0.533. The van der Waals surface area contributed by atoms with Gasteiger partial charge in [0.2, 0.25) is 0 Å². The quantitative estimate of drug-likeness (QED) is 0.645. The Balaban J connectivity index is 2.26. The van der Waals surface area contributed by atoms with Gasteiger partial charge in [-0.3, -0.25) is 0 Å². The summed E-state index contributed by atoms with van der Waals surface area (Å²) in [4.78, 5) is 11.6. The maximum atomic E-state index is 11.6. The van der Waals surface area contributed by atoms with Crippen molar-refractivity contribution in [2.24, 2.45) is 0 Å². The summed E-state index contributed by atoms with van der Waals surface area (Å²) in [5.74, 6) is 1.12. The Morgan fingerprint density at radius 1 is 1.25 bits per heavy atom. The number of hydrogen-bond acceptors (Lipinski definition) is 3. The zero-order valence-electron chi connectivity index (χ0n) is 12.2. The lowest BCUT2D eigenvalue weighted by molar-refractivity contribution is 0.0594. The summed E-state index contributed by atoms with van der Waals surface area (Å²) in [5.41, 5.74) is -0.266. The van der Waals surface area contributed by atoms with Gasteiger partial charge in [-0.25, -0.2) is 4.79 Å². The first-order chi connectivity index (χ1) is 9.56. The number of rotatable bonds is 8. The molecule has 2 amide bonds. The van der Waals surface area contributed by atoms with Crippen LogP contribution in [-0.4, -0.2) is 36.2 Å². The molecule has 1 aromatic carbocycles. The number of aliphatic hydroxyl groups is 1. The van der Waals surface area contributed by atoms with Crippen molar-refractivity contribution in [3.8, 4) is 0 Å². The molecule has 1 rings (SSSR count). The van der Waals surface area contributed by atoms with Crippen molar-refractivity contribution in [3.05, 3.63) is 35.9 Å². The molecule has 1 atom stereocenters. The Morgan fingerprint density at radius 2 is 1.95 bits per heavy atom.